The van der Waals surface area contributed by atoms with E-state index in [-0.39, 0.29) is 23.9 Å². The van der Waals surface area contributed by atoms with Crippen LogP contribution >= 0.6 is 33.0 Å². The van der Waals surface area contributed by atoms with Crippen molar-refractivity contribution in [2.24, 2.45) is 0 Å². The largest absolute Gasteiger partial charge is 4.00 e. The van der Waals surface area contributed by atoms with Crippen LogP contribution in [0, 0.1) is 0 Å². The van der Waals surface area contributed by atoms with Gasteiger partial charge in [-0.25, -0.2) is 0 Å². The van der Waals surface area contributed by atoms with Crippen LogP contribution in [0.25, 0.3) is 0 Å². The van der Waals surface area contributed by atoms with Crippen molar-refractivity contribution in [1.82, 2.24) is 0 Å². The van der Waals surface area contributed by atoms with Crippen molar-refractivity contribution in [2.75, 3.05) is 0 Å². The molecule has 0 aliphatic rings. The molecule has 0 aromatic carbocycles. The molecule has 0 saturated carbocycles. The summed E-state index contributed by atoms with van der Waals surface area (Å²) in [7, 11) is -12.9. The quantitative estimate of drug-likeness (QED) is 0.366. The van der Waals surface area contributed by atoms with E-state index in [0.29, 0.717) is 0 Å². The molecule has 10 nitrogen and oxygen atoms in total. The summed E-state index contributed by atoms with van der Waals surface area (Å²) in [5.41, 5.74) is 0. The van der Waals surface area contributed by atoms with Gasteiger partial charge in [-0.15, -0.1) is 0 Å². The Morgan fingerprint density at radius 2 is 0.733 bits per heavy atom. The average Bonchev–Trinajstić information content (AvgIpc) is 1.79. The van der Waals surface area contributed by atoms with Crippen LogP contribution in [0.4, 0.5) is 0 Å². The Morgan fingerprint density at radius 1 is 0.600 bits per heavy atom. The average molecular weight is 403 g/mol. The van der Waals surface area contributed by atoms with E-state index < -0.39 is 33.0 Å². The fourth-order valence-electron chi connectivity index (χ4n) is 0.109. The summed E-state index contributed by atoms with van der Waals surface area (Å²) < 4.78 is 43.3. The van der Waals surface area contributed by atoms with Crippen LogP contribution in [0.1, 0.15) is 0 Å². The standard InChI is InChI=1S/2O5P2.Sn/c2*1-6(2)5-7(3)4;/q;;+4. The van der Waals surface area contributed by atoms with E-state index >= 15 is 0 Å². The van der Waals surface area contributed by atoms with Gasteiger partial charge in [0.1, 0.15) is 8.62 Å². The Balaban J connectivity index is -0.000000180. The van der Waals surface area contributed by atoms with E-state index in [1.165, 1.54) is 0 Å². The topological polar surface area (TPSA) is 179 Å². The molecule has 0 spiro atoms. The predicted molar refractivity (Wildman–Crippen MR) is 38.4 cm³/mol. The van der Waals surface area contributed by atoms with Gasteiger partial charge < -0.3 is 19.6 Å². The maximum atomic E-state index is 9.24. The van der Waals surface area contributed by atoms with Crippen LogP contribution < -0.4 is 19.6 Å². The van der Waals surface area contributed by atoms with Crippen molar-refractivity contribution in [1.29, 1.82) is 0 Å². The Morgan fingerprint density at radius 3 is 0.733 bits per heavy atom. The molecule has 0 aliphatic heterocycles. The van der Waals surface area contributed by atoms with Gasteiger partial charge in [0, 0.05) is 0 Å². The molecule has 0 rings (SSSR count). The maximum Gasteiger partial charge on any atom is 4.00 e. The molecule has 0 saturated heterocycles. The van der Waals surface area contributed by atoms with Crippen molar-refractivity contribution in [2.45, 2.75) is 0 Å². The van der Waals surface area contributed by atoms with Crippen molar-refractivity contribution in [3.8, 4) is 0 Å². The molecule has 15 heteroatoms. The summed E-state index contributed by atoms with van der Waals surface area (Å²) in [5.74, 6) is 0. The van der Waals surface area contributed by atoms with Crippen LogP contribution in [0.5, 0.6) is 0 Å². The molecule has 0 aromatic heterocycles. The van der Waals surface area contributed by atoms with Crippen LogP contribution in [-0.4, -0.2) is 23.9 Å². The summed E-state index contributed by atoms with van der Waals surface area (Å²) in [5, 5.41) is 0. The first-order valence-corrected chi connectivity index (χ1v) is 6.57. The second-order valence-corrected chi connectivity index (χ2v) is 4.15. The Kier molecular flexibility index (Phi) is 18.5. The van der Waals surface area contributed by atoms with Gasteiger partial charge in [0.15, 0.2) is 0 Å². The molecule has 0 aromatic rings. The predicted octanol–water partition coefficient (Wildman–Crippen LogP) is -2.30. The minimum absolute atomic E-state index is 0. The molecule has 15 heavy (non-hydrogen) atoms. The first kappa shape index (κ1) is 21.3. The van der Waals surface area contributed by atoms with Gasteiger partial charge in [0.25, 0.3) is 0 Å². The maximum absolute atomic E-state index is 9.24. The second kappa shape index (κ2) is 13.0. The molecule has 4 atom stereocenters. The van der Waals surface area contributed by atoms with Gasteiger partial charge in [0.2, 0.25) is 0 Å². The van der Waals surface area contributed by atoms with Gasteiger partial charge >= 0.3 is 56.9 Å². The zero-order valence-corrected chi connectivity index (χ0v) is 12.8. The Hall–Kier alpha value is 0.959. The van der Waals surface area contributed by atoms with Crippen LogP contribution in [0.3, 0.4) is 0 Å². The summed E-state index contributed by atoms with van der Waals surface area (Å²) in [6.07, 6.45) is 0. The summed E-state index contributed by atoms with van der Waals surface area (Å²) in [4.78, 5) is 37.0. The second-order valence-electron chi connectivity index (χ2n) is 1.06. The van der Waals surface area contributed by atoms with E-state index in [4.69, 9.17) is 0 Å². The molecule has 0 amide bonds. The van der Waals surface area contributed by atoms with Crippen molar-refractivity contribution in [3.05, 3.63) is 0 Å². The molecule has 0 radical (unpaired) electrons. The minimum Gasteiger partial charge on any atom is -0.563 e. The molecule has 0 bridgehead atoms. The van der Waals surface area contributed by atoms with Gasteiger partial charge in [-0.05, 0) is 18.3 Å². The monoisotopic (exact) mass is 404 g/mol. The third-order valence-electron chi connectivity index (χ3n) is 0.267. The zero-order chi connectivity index (χ0) is 11.7. The fraction of sp³-hybridized carbons (Fsp3) is 0. The molecule has 0 fully saturated rings. The van der Waals surface area contributed by atoms with Crippen LogP contribution in [0.15, 0.2) is 0 Å². The van der Waals surface area contributed by atoms with Crippen LogP contribution in [0.2, 0.25) is 0 Å². The Bertz CT molecular complexity index is 196. The molecule has 80 valence electrons. The minimum atomic E-state index is -3.24. The molecule has 0 aliphatic carbocycles. The number of rotatable bonds is 4. The van der Waals surface area contributed by atoms with E-state index in [1.807, 2.05) is 0 Å². The molecule has 0 heterocycles. The first-order chi connectivity index (χ1) is 6.25. The molecular weight excluding hydrogens is 403 g/mol. The van der Waals surface area contributed by atoms with E-state index in [2.05, 4.69) is 8.62 Å². The van der Waals surface area contributed by atoms with Crippen LogP contribution in [-0.2, 0) is 26.9 Å². The Labute approximate surface area is 103 Å². The summed E-state index contributed by atoms with van der Waals surface area (Å²) in [6, 6.07) is 0. The third kappa shape index (κ3) is 31.3. The SMILES string of the molecule is O=[P+]([O-])O[P+](=O)[O-].O=[P+]([O-])O[P+](=O)[O-].[Sn+4]. The van der Waals surface area contributed by atoms with Crippen molar-refractivity contribution in [3.63, 3.8) is 0 Å². The first-order valence-electron chi connectivity index (χ1n) is 2.19. The zero-order valence-electron chi connectivity index (χ0n) is 6.37. The molecule has 0 N–H and O–H groups in total. The molecular formula is O10P4Sn+4. The number of hydrogen-bond acceptors (Lipinski definition) is 10. The summed E-state index contributed by atoms with van der Waals surface area (Å²) >= 11 is 0. The van der Waals surface area contributed by atoms with E-state index in [9.17, 15) is 37.8 Å². The fourth-order valence-corrected chi connectivity index (χ4v) is 0.980. The third-order valence-corrected chi connectivity index (χ3v) is 2.40. The van der Waals surface area contributed by atoms with E-state index in [1.54, 1.807) is 0 Å². The number of hydrogen-bond donors (Lipinski definition) is 0. The van der Waals surface area contributed by atoms with Crippen molar-refractivity contribution >= 4 is 56.9 Å². The van der Waals surface area contributed by atoms with Gasteiger partial charge in [0.05, 0.1) is 0 Å². The van der Waals surface area contributed by atoms with Gasteiger partial charge in [-0.3, -0.25) is 0 Å². The van der Waals surface area contributed by atoms with Gasteiger partial charge in [-0.2, -0.15) is 0 Å². The smallest absolute Gasteiger partial charge is 0.563 e. The van der Waals surface area contributed by atoms with E-state index in [0.717, 1.165) is 0 Å². The normalized spacial score (nSPS) is 12.5. The summed E-state index contributed by atoms with van der Waals surface area (Å²) in [6.45, 7) is 0. The van der Waals surface area contributed by atoms with Crippen molar-refractivity contribution < 1.29 is 46.5 Å². The molecule has 4 unspecified atom stereocenters. The van der Waals surface area contributed by atoms with Gasteiger partial charge in [-0.1, -0.05) is 0 Å².